The Morgan fingerprint density at radius 3 is 2.62 bits per heavy atom. The highest BCUT2D eigenvalue weighted by Crippen LogP contribution is 2.29. The Hall–Kier alpha value is -3.09. The van der Waals surface area contributed by atoms with Gasteiger partial charge >= 0.3 is 11.8 Å². The molecule has 4 nitrogen and oxygen atoms in total. The van der Waals surface area contributed by atoms with E-state index >= 15 is 0 Å². The molecule has 3 aromatic rings. The summed E-state index contributed by atoms with van der Waals surface area (Å²) in [5.74, 6) is -0.325. The first kappa shape index (κ1) is 17.7. The average molecular weight is 362 g/mol. The number of rotatable bonds is 4. The highest BCUT2D eigenvalue weighted by atomic mass is 19.4. The summed E-state index contributed by atoms with van der Waals surface area (Å²) in [4.78, 5) is 23.5. The summed E-state index contributed by atoms with van der Waals surface area (Å²) in [6.07, 6.45) is -4.52. The van der Waals surface area contributed by atoms with Crippen LogP contribution in [-0.2, 0) is 6.18 Å². The van der Waals surface area contributed by atoms with Gasteiger partial charge in [-0.15, -0.1) is 0 Å². The number of ether oxygens (including phenoxy) is 1. The van der Waals surface area contributed by atoms with Crippen LogP contribution >= 0.6 is 0 Å². The third-order valence-electron chi connectivity index (χ3n) is 3.80. The van der Waals surface area contributed by atoms with Crippen LogP contribution in [0, 0.1) is 6.92 Å². The number of carbonyl (C=O) groups excluding carboxylic acids is 1. The van der Waals surface area contributed by atoms with Crippen molar-refractivity contribution in [2.24, 2.45) is 0 Å². The lowest BCUT2D eigenvalue weighted by atomic mass is 10.1. The van der Waals surface area contributed by atoms with E-state index in [9.17, 15) is 22.8 Å². The van der Waals surface area contributed by atoms with Crippen LogP contribution in [0.15, 0.2) is 57.7 Å². The van der Waals surface area contributed by atoms with E-state index in [-0.39, 0.29) is 11.3 Å². The van der Waals surface area contributed by atoms with Gasteiger partial charge in [0, 0.05) is 23.1 Å². The summed E-state index contributed by atoms with van der Waals surface area (Å²) < 4.78 is 48.6. The second-order valence-corrected chi connectivity index (χ2v) is 5.70. The van der Waals surface area contributed by atoms with Crippen LogP contribution in [0.1, 0.15) is 21.5 Å². The molecule has 26 heavy (non-hydrogen) atoms. The summed E-state index contributed by atoms with van der Waals surface area (Å²) in [5, 5.41) is 0.723. The van der Waals surface area contributed by atoms with Crippen molar-refractivity contribution in [3.63, 3.8) is 0 Å². The molecule has 0 atom stereocenters. The maximum atomic E-state index is 12.7. The molecule has 0 saturated heterocycles. The van der Waals surface area contributed by atoms with Crippen molar-refractivity contribution in [1.29, 1.82) is 0 Å². The zero-order valence-electron chi connectivity index (χ0n) is 13.6. The third kappa shape index (κ3) is 3.77. The summed E-state index contributed by atoms with van der Waals surface area (Å²) in [5.41, 5.74) is -0.455. The summed E-state index contributed by atoms with van der Waals surface area (Å²) >= 11 is 0. The largest absolute Gasteiger partial charge is 0.485 e. The fourth-order valence-corrected chi connectivity index (χ4v) is 2.50. The molecule has 0 bridgehead atoms. The van der Waals surface area contributed by atoms with Gasteiger partial charge in [0.25, 0.3) is 0 Å². The van der Waals surface area contributed by atoms with Crippen LogP contribution in [0.4, 0.5) is 13.2 Å². The smallest absolute Gasteiger partial charge is 0.416 e. The molecule has 1 aromatic heterocycles. The van der Waals surface area contributed by atoms with Gasteiger partial charge in [0.2, 0.25) is 0 Å². The number of ketones is 1. The molecule has 0 N–H and O–H groups in total. The van der Waals surface area contributed by atoms with Gasteiger partial charge in [-0.05, 0) is 36.8 Å². The second kappa shape index (κ2) is 6.67. The molecule has 1 heterocycles. The Bertz CT molecular complexity index is 1030. The predicted octanol–water partition coefficient (Wildman–Crippen LogP) is 4.38. The first-order valence-electron chi connectivity index (χ1n) is 7.62. The minimum atomic E-state index is -4.52. The fraction of sp³-hybridized carbons (Fsp3) is 0.158. The van der Waals surface area contributed by atoms with Gasteiger partial charge in [-0.3, -0.25) is 4.79 Å². The van der Waals surface area contributed by atoms with E-state index in [0.29, 0.717) is 5.58 Å². The monoisotopic (exact) mass is 362 g/mol. The van der Waals surface area contributed by atoms with Crippen LogP contribution < -0.4 is 10.4 Å². The molecule has 134 valence electrons. The van der Waals surface area contributed by atoms with Crippen molar-refractivity contribution in [3.8, 4) is 5.75 Å². The summed E-state index contributed by atoms with van der Waals surface area (Å²) in [7, 11) is 0. The number of carbonyl (C=O) groups is 1. The predicted molar refractivity (Wildman–Crippen MR) is 88.5 cm³/mol. The van der Waals surface area contributed by atoms with Gasteiger partial charge in [0.15, 0.2) is 12.4 Å². The van der Waals surface area contributed by atoms with E-state index < -0.39 is 29.8 Å². The zero-order valence-corrected chi connectivity index (χ0v) is 13.6. The molecule has 0 saturated carbocycles. The molecule has 0 amide bonds. The molecule has 0 aliphatic rings. The normalized spacial score (nSPS) is 11.5. The van der Waals surface area contributed by atoms with Crippen LogP contribution in [0.25, 0.3) is 11.0 Å². The standard InChI is InChI=1S/C19H13F3O4/c1-11-7-18(24)26-17-9-14(5-6-15(11)17)25-10-16(23)12-3-2-4-13(8-12)19(20,21)22/h2-9H,10H2,1H3. The number of fused-ring (bicyclic) bond motifs is 1. The second-order valence-electron chi connectivity index (χ2n) is 5.70. The topological polar surface area (TPSA) is 56.5 Å². The number of aryl methyl sites for hydroxylation is 1. The van der Waals surface area contributed by atoms with E-state index in [0.717, 1.165) is 23.1 Å². The van der Waals surface area contributed by atoms with Gasteiger partial charge in [-0.1, -0.05) is 12.1 Å². The maximum Gasteiger partial charge on any atom is 0.416 e. The quantitative estimate of drug-likeness (QED) is 0.510. The highest BCUT2D eigenvalue weighted by molar-refractivity contribution is 5.97. The molecule has 7 heteroatoms. The summed E-state index contributed by atoms with van der Waals surface area (Å²) in [6, 6.07) is 10.2. The lowest BCUT2D eigenvalue weighted by Crippen LogP contribution is -2.13. The maximum absolute atomic E-state index is 12.7. The molecule has 3 rings (SSSR count). The van der Waals surface area contributed by atoms with Crippen molar-refractivity contribution in [1.82, 2.24) is 0 Å². The SMILES string of the molecule is Cc1cc(=O)oc2cc(OCC(=O)c3cccc(C(F)(F)F)c3)ccc12. The number of alkyl halides is 3. The van der Waals surface area contributed by atoms with Gasteiger partial charge in [0.05, 0.1) is 5.56 Å². The minimum Gasteiger partial charge on any atom is -0.485 e. The number of Topliss-reactive ketones (excluding diaryl/α,β-unsaturated/α-hetero) is 1. The first-order chi connectivity index (χ1) is 12.2. The van der Waals surface area contributed by atoms with Crippen molar-refractivity contribution in [2.75, 3.05) is 6.61 Å². The molecule has 2 aromatic carbocycles. The van der Waals surface area contributed by atoms with Crippen molar-refractivity contribution < 1.29 is 27.1 Å². The van der Waals surface area contributed by atoms with Gasteiger partial charge < -0.3 is 9.15 Å². The fourth-order valence-electron chi connectivity index (χ4n) is 2.50. The van der Waals surface area contributed by atoms with Crippen LogP contribution in [0.3, 0.4) is 0 Å². The Kier molecular flexibility index (Phi) is 4.54. The van der Waals surface area contributed by atoms with Crippen molar-refractivity contribution >= 4 is 16.8 Å². The zero-order chi connectivity index (χ0) is 18.9. The molecule has 0 radical (unpaired) electrons. The Labute approximate surface area is 145 Å². The highest BCUT2D eigenvalue weighted by Gasteiger charge is 2.30. The van der Waals surface area contributed by atoms with Gasteiger partial charge in [-0.2, -0.15) is 13.2 Å². The molecular formula is C19H13F3O4. The first-order valence-corrected chi connectivity index (χ1v) is 7.62. The number of benzene rings is 2. The van der Waals surface area contributed by atoms with E-state index in [1.165, 1.54) is 24.3 Å². The Morgan fingerprint density at radius 1 is 1.12 bits per heavy atom. The average Bonchev–Trinajstić information content (AvgIpc) is 2.58. The van der Waals surface area contributed by atoms with Crippen molar-refractivity contribution in [2.45, 2.75) is 13.1 Å². The van der Waals surface area contributed by atoms with E-state index in [2.05, 4.69) is 0 Å². The molecule has 0 unspecified atom stereocenters. The van der Waals surface area contributed by atoms with E-state index in [1.807, 2.05) is 0 Å². The number of hydrogen-bond donors (Lipinski definition) is 0. The van der Waals surface area contributed by atoms with E-state index in [1.54, 1.807) is 19.1 Å². The summed E-state index contributed by atoms with van der Waals surface area (Å²) in [6.45, 7) is 1.32. The van der Waals surface area contributed by atoms with Crippen molar-refractivity contribution in [3.05, 3.63) is 75.6 Å². The molecule has 0 fully saturated rings. The Balaban J connectivity index is 1.78. The molecular weight excluding hydrogens is 349 g/mol. The molecule has 0 spiro atoms. The lowest BCUT2D eigenvalue weighted by molar-refractivity contribution is -0.137. The van der Waals surface area contributed by atoms with Gasteiger partial charge in [0.1, 0.15) is 11.3 Å². The number of halogens is 3. The van der Waals surface area contributed by atoms with Crippen LogP contribution in [0.2, 0.25) is 0 Å². The van der Waals surface area contributed by atoms with Crippen LogP contribution in [0.5, 0.6) is 5.75 Å². The third-order valence-corrected chi connectivity index (χ3v) is 3.80. The lowest BCUT2D eigenvalue weighted by Gasteiger charge is -2.09. The van der Waals surface area contributed by atoms with Gasteiger partial charge in [-0.25, -0.2) is 4.79 Å². The molecule has 0 aliphatic heterocycles. The Morgan fingerprint density at radius 2 is 1.88 bits per heavy atom. The number of hydrogen-bond acceptors (Lipinski definition) is 4. The van der Waals surface area contributed by atoms with Crippen LogP contribution in [-0.4, -0.2) is 12.4 Å². The van der Waals surface area contributed by atoms with E-state index in [4.69, 9.17) is 9.15 Å². The minimum absolute atomic E-state index is 0.0945. The molecule has 0 aliphatic carbocycles.